The zero-order valence-corrected chi connectivity index (χ0v) is 22.3. The monoisotopic (exact) mass is 499 g/mol. The average molecular weight is 500 g/mol. The van der Waals surface area contributed by atoms with Gasteiger partial charge in [-0.05, 0) is 66.8 Å². The van der Waals surface area contributed by atoms with Gasteiger partial charge in [0.05, 0.1) is 5.56 Å². The maximum Gasteiger partial charge on any atom is 0.134 e. The number of hydrogen-bond acceptors (Lipinski definition) is 3. The van der Waals surface area contributed by atoms with Crippen LogP contribution in [-0.2, 0) is 19.4 Å². The Morgan fingerprint density at radius 1 is 1.17 bits per heavy atom. The van der Waals surface area contributed by atoms with E-state index in [0.717, 1.165) is 52.7 Å². The van der Waals surface area contributed by atoms with E-state index in [-0.39, 0.29) is 5.41 Å². The predicted molar refractivity (Wildman–Crippen MR) is 148 cm³/mol. The molecule has 5 heteroatoms. The van der Waals surface area contributed by atoms with Gasteiger partial charge >= 0.3 is 0 Å². The largest absolute Gasteiger partial charge is 0.340 e. The predicted octanol–water partition coefficient (Wildman–Crippen LogP) is 8.49. The summed E-state index contributed by atoms with van der Waals surface area (Å²) < 4.78 is 2.33. The number of nitriles is 1. The highest BCUT2D eigenvalue weighted by Crippen LogP contribution is 2.45. The second kappa shape index (κ2) is 9.30. The second-order valence-corrected chi connectivity index (χ2v) is 12.1. The molecular formula is C30H30ClN3S. The van der Waals surface area contributed by atoms with Gasteiger partial charge in [0.25, 0.3) is 0 Å². The molecule has 0 radical (unpaired) electrons. The molecule has 0 saturated heterocycles. The molecule has 0 spiro atoms. The molecule has 0 aliphatic heterocycles. The Kier molecular flexibility index (Phi) is 6.34. The van der Waals surface area contributed by atoms with E-state index in [1.54, 1.807) is 11.3 Å². The van der Waals surface area contributed by atoms with Crippen molar-refractivity contribution in [2.45, 2.75) is 53.5 Å². The minimum absolute atomic E-state index is 0.279. The number of aliphatic imine (C=N–C) groups is 1. The number of halogens is 1. The van der Waals surface area contributed by atoms with Crippen LogP contribution in [0.5, 0.6) is 0 Å². The van der Waals surface area contributed by atoms with Crippen molar-refractivity contribution in [2.24, 2.45) is 16.3 Å². The number of fused-ring (bicyclic) bond motifs is 2. The zero-order chi connectivity index (χ0) is 24.7. The zero-order valence-electron chi connectivity index (χ0n) is 20.7. The fourth-order valence-corrected chi connectivity index (χ4v) is 6.58. The van der Waals surface area contributed by atoms with E-state index in [4.69, 9.17) is 16.6 Å². The fourth-order valence-electron chi connectivity index (χ4n) is 5.24. The third-order valence-electron chi connectivity index (χ3n) is 7.43. The van der Waals surface area contributed by atoms with E-state index in [9.17, 15) is 5.26 Å². The average Bonchev–Trinajstić information content (AvgIpc) is 3.32. The van der Waals surface area contributed by atoms with Crippen LogP contribution in [0.15, 0.2) is 53.5 Å². The van der Waals surface area contributed by atoms with Gasteiger partial charge in [-0.15, -0.1) is 11.3 Å². The summed E-state index contributed by atoms with van der Waals surface area (Å²) in [5.74, 6) is 0.644. The fraction of sp³-hybridized carbons (Fsp3) is 0.333. The molecule has 0 unspecified atom stereocenters. The molecule has 35 heavy (non-hydrogen) atoms. The normalized spacial score (nSPS) is 16.1. The Bertz CT molecular complexity index is 1460. The Balaban J connectivity index is 1.52. The first-order chi connectivity index (χ1) is 16.8. The molecule has 1 aliphatic rings. The highest BCUT2D eigenvalue weighted by Gasteiger charge is 2.32. The van der Waals surface area contributed by atoms with Crippen molar-refractivity contribution < 1.29 is 0 Å². The maximum atomic E-state index is 9.97. The molecule has 0 amide bonds. The summed E-state index contributed by atoms with van der Waals surface area (Å²) in [6, 6.07) is 19.0. The van der Waals surface area contributed by atoms with Gasteiger partial charge in [0.15, 0.2) is 0 Å². The molecule has 2 aromatic carbocycles. The molecule has 2 aromatic heterocycles. The Labute approximate surface area is 216 Å². The minimum atomic E-state index is 0.279. The van der Waals surface area contributed by atoms with Crippen LogP contribution in [0.25, 0.3) is 10.9 Å². The van der Waals surface area contributed by atoms with Crippen LogP contribution in [0, 0.1) is 29.6 Å². The smallest absolute Gasteiger partial charge is 0.134 e. The molecule has 0 saturated carbocycles. The molecule has 1 atom stereocenters. The molecule has 2 heterocycles. The molecule has 1 aliphatic carbocycles. The molecule has 0 N–H and O–H groups in total. The van der Waals surface area contributed by atoms with Gasteiger partial charge in [-0.25, -0.2) is 4.99 Å². The summed E-state index contributed by atoms with van der Waals surface area (Å²) in [5, 5.41) is 12.7. The van der Waals surface area contributed by atoms with Crippen molar-refractivity contribution in [2.75, 3.05) is 0 Å². The standard InChI is InChI=1S/C30H30ClN3S/c1-19-26(23-7-5-6-8-27(23)34(19)18-20-9-12-22(31)13-10-20)17-33-29-25(16-32)24-14-11-21(30(2,3)4)15-28(24)35-29/h5-10,12-13,17,21H,11,14-15,18H2,1-4H3/t21-/m0/s1. The van der Waals surface area contributed by atoms with Gasteiger partial charge in [-0.2, -0.15) is 5.26 Å². The summed E-state index contributed by atoms with van der Waals surface area (Å²) in [6.07, 6.45) is 5.14. The van der Waals surface area contributed by atoms with Gasteiger partial charge in [0.1, 0.15) is 11.1 Å². The summed E-state index contributed by atoms with van der Waals surface area (Å²) >= 11 is 7.80. The van der Waals surface area contributed by atoms with E-state index < -0.39 is 0 Å². The lowest BCUT2D eigenvalue weighted by Crippen LogP contribution is -2.26. The highest BCUT2D eigenvalue weighted by molar-refractivity contribution is 7.16. The van der Waals surface area contributed by atoms with Gasteiger partial charge in [0, 0.05) is 44.8 Å². The third kappa shape index (κ3) is 4.56. The van der Waals surface area contributed by atoms with Crippen molar-refractivity contribution in [3.63, 3.8) is 0 Å². The van der Waals surface area contributed by atoms with Crippen molar-refractivity contribution in [1.29, 1.82) is 5.26 Å². The number of rotatable bonds is 4. The van der Waals surface area contributed by atoms with E-state index in [1.165, 1.54) is 26.9 Å². The Morgan fingerprint density at radius 2 is 1.91 bits per heavy atom. The lowest BCUT2D eigenvalue weighted by molar-refractivity contribution is 0.218. The second-order valence-electron chi connectivity index (χ2n) is 10.6. The molecular weight excluding hydrogens is 470 g/mol. The number of hydrogen-bond donors (Lipinski definition) is 0. The lowest BCUT2D eigenvalue weighted by atomic mass is 9.72. The number of thiophene rings is 1. The van der Waals surface area contributed by atoms with Gasteiger partial charge in [-0.1, -0.05) is 62.7 Å². The van der Waals surface area contributed by atoms with Crippen molar-refractivity contribution in [3.8, 4) is 6.07 Å². The van der Waals surface area contributed by atoms with Crippen LogP contribution >= 0.6 is 22.9 Å². The lowest BCUT2D eigenvalue weighted by Gasteiger charge is -2.33. The first-order valence-corrected chi connectivity index (χ1v) is 13.4. The number of benzene rings is 2. The topological polar surface area (TPSA) is 41.1 Å². The van der Waals surface area contributed by atoms with Crippen LogP contribution in [0.4, 0.5) is 5.00 Å². The highest BCUT2D eigenvalue weighted by atomic mass is 35.5. The van der Waals surface area contributed by atoms with E-state index in [0.29, 0.717) is 5.92 Å². The van der Waals surface area contributed by atoms with Crippen molar-refractivity contribution >= 4 is 45.1 Å². The number of aromatic nitrogens is 1. The molecule has 0 bridgehead atoms. The van der Waals surface area contributed by atoms with Crippen LogP contribution < -0.4 is 0 Å². The summed E-state index contributed by atoms with van der Waals surface area (Å²) in [5.41, 5.74) is 6.94. The first-order valence-electron chi connectivity index (χ1n) is 12.2. The number of nitrogens with zero attached hydrogens (tertiary/aromatic N) is 3. The Hall–Kier alpha value is -2.87. The van der Waals surface area contributed by atoms with E-state index in [1.807, 2.05) is 18.3 Å². The molecule has 4 aromatic rings. The molecule has 3 nitrogen and oxygen atoms in total. The van der Waals surface area contributed by atoms with Crippen LogP contribution in [0.1, 0.15) is 60.0 Å². The van der Waals surface area contributed by atoms with Crippen molar-refractivity contribution in [3.05, 3.63) is 86.4 Å². The summed E-state index contributed by atoms with van der Waals surface area (Å²) in [7, 11) is 0. The summed E-state index contributed by atoms with van der Waals surface area (Å²) in [6.45, 7) is 9.88. The SMILES string of the molecule is Cc1c(C=Nc2sc3c(c2C#N)CC[C@H](C(C)(C)C)C3)c2ccccc2n1Cc1ccc(Cl)cc1. The van der Waals surface area contributed by atoms with E-state index >= 15 is 0 Å². The molecule has 5 rings (SSSR count). The third-order valence-corrected chi connectivity index (χ3v) is 8.84. The molecule has 0 fully saturated rings. The maximum absolute atomic E-state index is 9.97. The van der Waals surface area contributed by atoms with E-state index in [2.05, 4.69) is 74.7 Å². The molecule has 178 valence electrons. The number of para-hydroxylation sites is 1. The van der Waals surface area contributed by atoms with Gasteiger partial charge in [0.2, 0.25) is 0 Å². The first kappa shape index (κ1) is 23.9. The van der Waals surface area contributed by atoms with Gasteiger partial charge in [-0.3, -0.25) is 0 Å². The van der Waals surface area contributed by atoms with Crippen LogP contribution in [-0.4, -0.2) is 10.8 Å². The quantitative estimate of drug-likeness (QED) is 0.259. The van der Waals surface area contributed by atoms with Crippen molar-refractivity contribution in [1.82, 2.24) is 4.57 Å². The summed E-state index contributed by atoms with van der Waals surface area (Å²) in [4.78, 5) is 6.27. The minimum Gasteiger partial charge on any atom is -0.340 e. The van der Waals surface area contributed by atoms with Crippen LogP contribution in [0.2, 0.25) is 5.02 Å². The Morgan fingerprint density at radius 3 is 2.63 bits per heavy atom. The van der Waals surface area contributed by atoms with Gasteiger partial charge < -0.3 is 4.57 Å². The van der Waals surface area contributed by atoms with Crippen LogP contribution in [0.3, 0.4) is 0 Å².